The van der Waals surface area contributed by atoms with Gasteiger partial charge in [0, 0.05) is 5.39 Å². The van der Waals surface area contributed by atoms with Crippen molar-refractivity contribution in [1.29, 1.82) is 0 Å². The standard InChI is InChI=1S/C22H17F3O6/c1-28-20(26)10-30-13-3-4-15-16(9-13)14(5-6-19(15)31-11-21(27)29-2)12-7-17(23)22(25)18(24)8-12/h3-9H,10-11H2,1-2H3. The van der Waals surface area contributed by atoms with Crippen LogP contribution in [0.3, 0.4) is 0 Å². The monoisotopic (exact) mass is 434 g/mol. The fourth-order valence-electron chi connectivity index (χ4n) is 2.87. The molecule has 3 aromatic carbocycles. The van der Waals surface area contributed by atoms with E-state index in [2.05, 4.69) is 9.47 Å². The number of ether oxygens (including phenoxy) is 4. The van der Waals surface area contributed by atoms with Crippen LogP contribution >= 0.6 is 0 Å². The van der Waals surface area contributed by atoms with Crippen molar-refractivity contribution < 1.29 is 41.7 Å². The van der Waals surface area contributed by atoms with Gasteiger partial charge in [-0.2, -0.15) is 0 Å². The second kappa shape index (κ2) is 9.38. The maximum atomic E-state index is 13.8. The molecule has 0 aliphatic heterocycles. The Kier molecular flexibility index (Phi) is 6.64. The lowest BCUT2D eigenvalue weighted by Crippen LogP contribution is -2.13. The van der Waals surface area contributed by atoms with Crippen molar-refractivity contribution in [3.8, 4) is 22.6 Å². The normalized spacial score (nSPS) is 10.6. The van der Waals surface area contributed by atoms with Crippen LogP contribution in [0.5, 0.6) is 11.5 Å². The molecule has 3 aromatic rings. The van der Waals surface area contributed by atoms with Crippen molar-refractivity contribution in [2.45, 2.75) is 0 Å². The molecule has 0 saturated carbocycles. The van der Waals surface area contributed by atoms with Gasteiger partial charge in [0.2, 0.25) is 0 Å². The van der Waals surface area contributed by atoms with E-state index in [1.165, 1.54) is 32.4 Å². The molecule has 0 saturated heterocycles. The average Bonchev–Trinajstić information content (AvgIpc) is 2.78. The Morgan fingerprint density at radius 1 is 0.774 bits per heavy atom. The van der Waals surface area contributed by atoms with Gasteiger partial charge in [0.25, 0.3) is 0 Å². The Labute approximate surface area is 175 Å². The first-order chi connectivity index (χ1) is 14.8. The third kappa shape index (κ3) is 4.88. The summed E-state index contributed by atoms with van der Waals surface area (Å²) in [4.78, 5) is 22.8. The van der Waals surface area contributed by atoms with Gasteiger partial charge in [0.05, 0.1) is 14.2 Å². The molecule has 0 fully saturated rings. The first-order valence-electron chi connectivity index (χ1n) is 8.95. The van der Waals surface area contributed by atoms with Crippen LogP contribution in [0.2, 0.25) is 0 Å². The van der Waals surface area contributed by atoms with Crippen LogP contribution in [0.1, 0.15) is 0 Å². The maximum absolute atomic E-state index is 13.8. The Hall–Kier alpha value is -3.75. The van der Waals surface area contributed by atoms with Crippen LogP contribution in [0.4, 0.5) is 13.2 Å². The van der Waals surface area contributed by atoms with Gasteiger partial charge < -0.3 is 18.9 Å². The summed E-state index contributed by atoms with van der Waals surface area (Å²) in [5.74, 6) is -4.89. The number of halogens is 3. The van der Waals surface area contributed by atoms with Crippen molar-refractivity contribution in [2.75, 3.05) is 27.4 Å². The number of hydrogen-bond donors (Lipinski definition) is 0. The highest BCUT2D eigenvalue weighted by Gasteiger charge is 2.16. The summed E-state index contributed by atoms with van der Waals surface area (Å²) in [7, 11) is 2.43. The van der Waals surface area contributed by atoms with Gasteiger partial charge in [-0.05, 0) is 52.9 Å². The topological polar surface area (TPSA) is 71.1 Å². The third-order valence-corrected chi connectivity index (χ3v) is 4.40. The van der Waals surface area contributed by atoms with Crippen molar-refractivity contribution in [3.63, 3.8) is 0 Å². The molecule has 0 bridgehead atoms. The summed E-state index contributed by atoms with van der Waals surface area (Å²) in [6, 6.07) is 9.41. The Bertz CT molecular complexity index is 1120. The first kappa shape index (κ1) is 21.9. The van der Waals surface area contributed by atoms with E-state index >= 15 is 0 Å². The van der Waals surface area contributed by atoms with Gasteiger partial charge in [-0.25, -0.2) is 22.8 Å². The molecular formula is C22H17F3O6. The summed E-state index contributed by atoms with van der Waals surface area (Å²) in [5, 5.41) is 0.909. The zero-order chi connectivity index (χ0) is 22.5. The van der Waals surface area contributed by atoms with E-state index in [9.17, 15) is 22.8 Å². The van der Waals surface area contributed by atoms with E-state index in [0.29, 0.717) is 22.1 Å². The first-order valence-corrected chi connectivity index (χ1v) is 8.95. The van der Waals surface area contributed by atoms with Gasteiger partial charge in [0.1, 0.15) is 11.5 Å². The summed E-state index contributed by atoms with van der Waals surface area (Å²) in [5.41, 5.74) is 0.424. The number of carbonyl (C=O) groups excluding carboxylic acids is 2. The second-order valence-electron chi connectivity index (χ2n) is 6.30. The highest BCUT2D eigenvalue weighted by atomic mass is 19.2. The lowest BCUT2D eigenvalue weighted by molar-refractivity contribution is -0.143. The Balaban J connectivity index is 2.11. The molecule has 0 aliphatic rings. The molecule has 0 heterocycles. The third-order valence-electron chi connectivity index (χ3n) is 4.40. The molecular weight excluding hydrogens is 417 g/mol. The lowest BCUT2D eigenvalue weighted by atomic mass is 9.97. The number of esters is 2. The molecule has 6 nitrogen and oxygen atoms in total. The molecule has 31 heavy (non-hydrogen) atoms. The van der Waals surface area contributed by atoms with Crippen molar-refractivity contribution in [3.05, 3.63) is 59.9 Å². The summed E-state index contributed by atoms with van der Waals surface area (Å²) in [6.07, 6.45) is 0. The second-order valence-corrected chi connectivity index (χ2v) is 6.30. The zero-order valence-corrected chi connectivity index (χ0v) is 16.5. The predicted molar refractivity (Wildman–Crippen MR) is 104 cm³/mol. The molecule has 0 unspecified atom stereocenters. The molecule has 0 radical (unpaired) electrons. The maximum Gasteiger partial charge on any atom is 0.343 e. The number of carbonyl (C=O) groups is 2. The van der Waals surface area contributed by atoms with E-state index in [0.717, 1.165) is 12.1 Å². The SMILES string of the molecule is COC(=O)COc1ccc2c(OCC(=O)OC)ccc(-c3cc(F)c(F)c(F)c3)c2c1. The minimum atomic E-state index is -1.58. The van der Waals surface area contributed by atoms with Gasteiger partial charge in [0.15, 0.2) is 30.7 Å². The van der Waals surface area contributed by atoms with Crippen LogP contribution in [-0.2, 0) is 19.1 Å². The predicted octanol–water partition coefficient (Wildman–Crippen LogP) is 4.03. The fourth-order valence-corrected chi connectivity index (χ4v) is 2.87. The molecule has 0 amide bonds. The van der Waals surface area contributed by atoms with Crippen molar-refractivity contribution >= 4 is 22.7 Å². The molecule has 0 aliphatic carbocycles. The van der Waals surface area contributed by atoms with Crippen LogP contribution in [0.15, 0.2) is 42.5 Å². The molecule has 0 aromatic heterocycles. The molecule has 3 rings (SSSR count). The minimum Gasteiger partial charge on any atom is -0.482 e. The number of methoxy groups -OCH3 is 2. The highest BCUT2D eigenvalue weighted by molar-refractivity contribution is 6.01. The van der Waals surface area contributed by atoms with E-state index in [1.807, 2.05) is 0 Å². The van der Waals surface area contributed by atoms with E-state index in [4.69, 9.17) is 9.47 Å². The lowest BCUT2D eigenvalue weighted by Gasteiger charge is -2.14. The van der Waals surface area contributed by atoms with E-state index < -0.39 is 29.4 Å². The summed E-state index contributed by atoms with van der Waals surface area (Å²) in [6.45, 7) is -0.707. The molecule has 0 N–H and O–H groups in total. The van der Waals surface area contributed by atoms with Gasteiger partial charge in [-0.3, -0.25) is 0 Å². The molecule has 0 spiro atoms. The Morgan fingerprint density at radius 2 is 1.39 bits per heavy atom. The van der Waals surface area contributed by atoms with Crippen LogP contribution in [0, 0.1) is 17.5 Å². The fraction of sp³-hybridized carbons (Fsp3) is 0.182. The number of rotatable bonds is 7. The largest absolute Gasteiger partial charge is 0.482 e. The number of hydrogen-bond acceptors (Lipinski definition) is 6. The molecule has 0 atom stereocenters. The Morgan fingerprint density at radius 3 is 2.00 bits per heavy atom. The molecule has 9 heteroatoms. The van der Waals surface area contributed by atoms with Crippen LogP contribution in [0.25, 0.3) is 21.9 Å². The average molecular weight is 434 g/mol. The van der Waals surface area contributed by atoms with Crippen LogP contribution in [-0.4, -0.2) is 39.4 Å². The van der Waals surface area contributed by atoms with Gasteiger partial charge >= 0.3 is 11.9 Å². The van der Waals surface area contributed by atoms with Crippen molar-refractivity contribution in [1.82, 2.24) is 0 Å². The van der Waals surface area contributed by atoms with Gasteiger partial charge in [-0.1, -0.05) is 6.07 Å². The van der Waals surface area contributed by atoms with Crippen molar-refractivity contribution in [2.24, 2.45) is 0 Å². The minimum absolute atomic E-state index is 0.0750. The number of benzene rings is 3. The van der Waals surface area contributed by atoms with Gasteiger partial charge in [-0.15, -0.1) is 0 Å². The summed E-state index contributed by atoms with van der Waals surface area (Å²) < 4.78 is 61.0. The number of fused-ring (bicyclic) bond motifs is 1. The summed E-state index contributed by atoms with van der Waals surface area (Å²) >= 11 is 0. The van der Waals surface area contributed by atoms with Crippen LogP contribution < -0.4 is 9.47 Å². The quantitative estimate of drug-likeness (QED) is 0.413. The zero-order valence-electron chi connectivity index (χ0n) is 16.5. The highest BCUT2D eigenvalue weighted by Crippen LogP contribution is 2.37. The van der Waals surface area contributed by atoms with E-state index in [-0.39, 0.29) is 24.5 Å². The molecule has 162 valence electrons. The van der Waals surface area contributed by atoms with E-state index in [1.54, 1.807) is 12.1 Å². The smallest absolute Gasteiger partial charge is 0.343 e.